The summed E-state index contributed by atoms with van der Waals surface area (Å²) in [7, 11) is 0. The molecule has 0 aliphatic rings. The summed E-state index contributed by atoms with van der Waals surface area (Å²) in [6, 6.07) is 11.0. The number of nitrogens with zero attached hydrogens (tertiary/aromatic N) is 2. The number of hydrogen-bond acceptors (Lipinski definition) is 3. The minimum absolute atomic E-state index is 0.198. The SMILES string of the molecule is CCn1c(=O)cnc2ccc(-c3ccc(OC(F)(F)F)cc3)cc21. The van der Waals surface area contributed by atoms with Crippen molar-refractivity contribution in [3.8, 4) is 16.9 Å². The van der Waals surface area contributed by atoms with Crippen LogP contribution in [0.15, 0.2) is 53.5 Å². The van der Waals surface area contributed by atoms with Gasteiger partial charge in [0.1, 0.15) is 5.75 Å². The summed E-state index contributed by atoms with van der Waals surface area (Å²) in [5.74, 6) is -0.279. The summed E-state index contributed by atoms with van der Waals surface area (Å²) >= 11 is 0. The summed E-state index contributed by atoms with van der Waals surface area (Å²) in [5.41, 5.74) is 2.65. The van der Waals surface area contributed by atoms with Gasteiger partial charge in [0, 0.05) is 6.54 Å². The third-order valence-corrected chi connectivity index (χ3v) is 3.58. The first-order chi connectivity index (χ1) is 11.4. The standard InChI is InChI=1S/C17H13F3N2O2/c1-2-22-15-9-12(5-8-14(15)21-10-16(22)23)11-3-6-13(7-4-11)24-17(18,19)20/h3-10H,2H2,1H3. The molecule has 0 saturated heterocycles. The van der Waals surface area contributed by atoms with Gasteiger partial charge in [-0.05, 0) is 42.3 Å². The molecule has 2 aromatic carbocycles. The number of halogens is 3. The highest BCUT2D eigenvalue weighted by Crippen LogP contribution is 2.27. The molecule has 0 unspecified atom stereocenters. The second kappa shape index (κ2) is 5.99. The molecule has 0 N–H and O–H groups in total. The van der Waals surface area contributed by atoms with Crippen molar-refractivity contribution in [1.29, 1.82) is 0 Å². The highest BCUT2D eigenvalue weighted by atomic mass is 19.4. The molecule has 0 saturated carbocycles. The van der Waals surface area contributed by atoms with Crippen LogP contribution in [0.25, 0.3) is 22.2 Å². The molecule has 124 valence electrons. The molecular formula is C17H13F3N2O2. The number of ether oxygens (including phenoxy) is 1. The molecule has 0 fully saturated rings. The van der Waals surface area contributed by atoms with Gasteiger partial charge < -0.3 is 9.30 Å². The van der Waals surface area contributed by atoms with E-state index in [1.165, 1.54) is 30.5 Å². The summed E-state index contributed by atoms with van der Waals surface area (Å²) in [6.07, 6.45) is -3.44. The second-order valence-electron chi connectivity index (χ2n) is 5.12. The monoisotopic (exact) mass is 334 g/mol. The Morgan fingerprint density at radius 1 is 1.08 bits per heavy atom. The first kappa shape index (κ1) is 16.0. The molecule has 3 rings (SSSR count). The fraction of sp³-hybridized carbons (Fsp3) is 0.176. The molecule has 0 bridgehead atoms. The van der Waals surface area contributed by atoms with Crippen molar-refractivity contribution in [1.82, 2.24) is 9.55 Å². The summed E-state index contributed by atoms with van der Waals surface area (Å²) < 4.78 is 42.0. The van der Waals surface area contributed by atoms with Crippen molar-refractivity contribution in [3.63, 3.8) is 0 Å². The molecule has 1 heterocycles. The van der Waals surface area contributed by atoms with E-state index in [-0.39, 0.29) is 11.3 Å². The number of benzene rings is 2. The molecule has 3 aromatic rings. The van der Waals surface area contributed by atoms with Gasteiger partial charge in [-0.2, -0.15) is 0 Å². The van der Waals surface area contributed by atoms with Crippen molar-refractivity contribution in [3.05, 3.63) is 59.0 Å². The molecule has 7 heteroatoms. The Balaban J connectivity index is 2.02. The molecule has 0 amide bonds. The molecule has 0 atom stereocenters. The predicted octanol–water partition coefficient (Wildman–Crippen LogP) is 3.98. The zero-order valence-corrected chi connectivity index (χ0v) is 12.7. The maximum Gasteiger partial charge on any atom is 0.573 e. The van der Waals surface area contributed by atoms with Crippen LogP contribution in [-0.4, -0.2) is 15.9 Å². The van der Waals surface area contributed by atoms with Crippen LogP contribution in [0.1, 0.15) is 6.92 Å². The van der Waals surface area contributed by atoms with Crippen LogP contribution in [0.4, 0.5) is 13.2 Å². The fourth-order valence-electron chi connectivity index (χ4n) is 2.52. The third-order valence-electron chi connectivity index (χ3n) is 3.58. The molecule has 0 aliphatic heterocycles. The van der Waals surface area contributed by atoms with Crippen LogP contribution in [0.3, 0.4) is 0 Å². The summed E-state index contributed by atoms with van der Waals surface area (Å²) in [6.45, 7) is 2.36. The highest BCUT2D eigenvalue weighted by Gasteiger charge is 2.30. The normalized spacial score (nSPS) is 11.7. The largest absolute Gasteiger partial charge is 0.573 e. The van der Waals surface area contributed by atoms with Gasteiger partial charge >= 0.3 is 6.36 Å². The fourth-order valence-corrected chi connectivity index (χ4v) is 2.52. The van der Waals surface area contributed by atoms with Crippen LogP contribution in [0, 0.1) is 0 Å². The highest BCUT2D eigenvalue weighted by molar-refractivity contribution is 5.81. The Labute approximate surface area is 135 Å². The summed E-state index contributed by atoms with van der Waals surface area (Å²) in [5, 5.41) is 0. The molecule has 0 spiro atoms. The van der Waals surface area contributed by atoms with Crippen molar-refractivity contribution in [2.24, 2.45) is 0 Å². The van der Waals surface area contributed by atoms with Crippen LogP contribution in [-0.2, 0) is 6.54 Å². The predicted molar refractivity (Wildman–Crippen MR) is 83.8 cm³/mol. The molecule has 0 radical (unpaired) electrons. The minimum Gasteiger partial charge on any atom is -0.406 e. The zero-order valence-electron chi connectivity index (χ0n) is 12.7. The van der Waals surface area contributed by atoms with E-state index in [0.717, 1.165) is 5.56 Å². The van der Waals surface area contributed by atoms with E-state index < -0.39 is 6.36 Å². The van der Waals surface area contributed by atoms with Gasteiger partial charge in [-0.25, -0.2) is 4.98 Å². The van der Waals surface area contributed by atoms with E-state index >= 15 is 0 Å². The Morgan fingerprint density at radius 2 is 1.75 bits per heavy atom. The van der Waals surface area contributed by atoms with E-state index in [4.69, 9.17) is 0 Å². The number of rotatable bonds is 3. The Kier molecular flexibility index (Phi) is 4.01. The Bertz CT molecular complexity index is 931. The number of hydrogen-bond donors (Lipinski definition) is 0. The lowest BCUT2D eigenvalue weighted by molar-refractivity contribution is -0.274. The first-order valence-electron chi connectivity index (χ1n) is 7.23. The maximum atomic E-state index is 12.2. The van der Waals surface area contributed by atoms with Gasteiger partial charge in [0.25, 0.3) is 5.56 Å². The lowest BCUT2D eigenvalue weighted by atomic mass is 10.0. The summed E-state index contributed by atoms with van der Waals surface area (Å²) in [4.78, 5) is 16.0. The van der Waals surface area contributed by atoms with Crippen molar-refractivity contribution in [2.45, 2.75) is 19.8 Å². The van der Waals surface area contributed by atoms with Crippen LogP contribution in [0.5, 0.6) is 5.75 Å². The zero-order chi connectivity index (χ0) is 17.3. The molecular weight excluding hydrogens is 321 g/mol. The van der Waals surface area contributed by atoms with Crippen LogP contribution in [0.2, 0.25) is 0 Å². The van der Waals surface area contributed by atoms with E-state index in [1.54, 1.807) is 22.8 Å². The number of aromatic nitrogens is 2. The number of alkyl halides is 3. The molecule has 4 nitrogen and oxygen atoms in total. The average Bonchev–Trinajstić information content (AvgIpc) is 2.53. The van der Waals surface area contributed by atoms with E-state index in [9.17, 15) is 18.0 Å². The van der Waals surface area contributed by atoms with Gasteiger partial charge in [-0.3, -0.25) is 4.79 Å². The van der Waals surface area contributed by atoms with Gasteiger partial charge in [0.2, 0.25) is 0 Å². The second-order valence-corrected chi connectivity index (χ2v) is 5.12. The molecule has 0 aliphatic carbocycles. The first-order valence-corrected chi connectivity index (χ1v) is 7.23. The maximum absolute atomic E-state index is 12.2. The van der Waals surface area contributed by atoms with Gasteiger partial charge in [-0.1, -0.05) is 18.2 Å². The van der Waals surface area contributed by atoms with Gasteiger partial charge in [0.05, 0.1) is 17.2 Å². The van der Waals surface area contributed by atoms with Crippen molar-refractivity contribution in [2.75, 3.05) is 0 Å². The molecule has 1 aromatic heterocycles. The lowest BCUT2D eigenvalue weighted by Crippen LogP contribution is -2.19. The average molecular weight is 334 g/mol. The van der Waals surface area contributed by atoms with E-state index in [0.29, 0.717) is 23.1 Å². The Hall–Kier alpha value is -2.83. The van der Waals surface area contributed by atoms with E-state index in [2.05, 4.69) is 9.72 Å². The topological polar surface area (TPSA) is 44.1 Å². The number of fused-ring (bicyclic) bond motifs is 1. The quantitative estimate of drug-likeness (QED) is 0.728. The van der Waals surface area contributed by atoms with Crippen LogP contribution < -0.4 is 10.3 Å². The van der Waals surface area contributed by atoms with Gasteiger partial charge in [0.15, 0.2) is 0 Å². The lowest BCUT2D eigenvalue weighted by Gasteiger charge is -2.11. The third kappa shape index (κ3) is 3.24. The minimum atomic E-state index is -4.71. The van der Waals surface area contributed by atoms with Gasteiger partial charge in [-0.15, -0.1) is 13.2 Å². The smallest absolute Gasteiger partial charge is 0.406 e. The van der Waals surface area contributed by atoms with Crippen molar-refractivity contribution >= 4 is 11.0 Å². The molecule has 24 heavy (non-hydrogen) atoms. The van der Waals surface area contributed by atoms with E-state index in [1.807, 2.05) is 6.92 Å². The van der Waals surface area contributed by atoms with Crippen LogP contribution >= 0.6 is 0 Å². The number of aryl methyl sites for hydroxylation is 1. The van der Waals surface area contributed by atoms with Crippen molar-refractivity contribution < 1.29 is 17.9 Å². The Morgan fingerprint density at radius 3 is 2.38 bits per heavy atom.